The molecule has 33 heavy (non-hydrogen) atoms. The van der Waals surface area contributed by atoms with Gasteiger partial charge in [0.25, 0.3) is 11.5 Å². The first-order valence-corrected chi connectivity index (χ1v) is 11.5. The van der Waals surface area contributed by atoms with E-state index < -0.39 is 0 Å². The van der Waals surface area contributed by atoms with Crippen LogP contribution < -0.4 is 10.5 Å². The summed E-state index contributed by atoms with van der Waals surface area (Å²) in [7, 11) is 1.62. The Kier molecular flexibility index (Phi) is 5.77. The molecule has 0 fully saturated rings. The molecule has 5 rings (SSSR count). The molecule has 3 heterocycles. The maximum absolute atomic E-state index is 14.1. The number of nitrogens with zero attached hydrogens (tertiary/aromatic N) is 2. The molecule has 0 N–H and O–H groups in total. The number of pyridine rings is 2. The van der Waals surface area contributed by atoms with Gasteiger partial charge < -0.3 is 9.64 Å². The summed E-state index contributed by atoms with van der Waals surface area (Å²) in [6.45, 7) is 0.789. The molecule has 0 atom stereocenters. The van der Waals surface area contributed by atoms with Crippen LogP contribution in [0.3, 0.4) is 0 Å². The summed E-state index contributed by atoms with van der Waals surface area (Å²) in [4.78, 5) is 29.3. The number of fused-ring (bicyclic) bond motifs is 3. The lowest BCUT2D eigenvalue weighted by molar-refractivity contribution is 0.0977. The van der Waals surface area contributed by atoms with Crippen molar-refractivity contribution in [2.24, 2.45) is 0 Å². The molecular formula is C27H22N2O3S. The third-order valence-electron chi connectivity index (χ3n) is 5.70. The highest BCUT2D eigenvalue weighted by atomic mass is 32.1. The largest absolute Gasteiger partial charge is 0.383 e. The van der Waals surface area contributed by atoms with Gasteiger partial charge in [-0.3, -0.25) is 14.0 Å². The molecule has 1 amide bonds. The molecule has 0 bridgehead atoms. The first-order valence-electron chi connectivity index (χ1n) is 10.7. The second-order valence-electron chi connectivity index (χ2n) is 7.67. The van der Waals surface area contributed by atoms with Crippen molar-refractivity contribution in [1.82, 2.24) is 4.40 Å². The molecule has 0 unspecified atom stereocenters. The Morgan fingerprint density at radius 2 is 1.73 bits per heavy atom. The predicted molar refractivity (Wildman–Crippen MR) is 134 cm³/mol. The number of rotatable bonds is 6. The summed E-state index contributed by atoms with van der Waals surface area (Å²) in [5.74, 6) is -0.172. The molecule has 2 aromatic carbocycles. The van der Waals surface area contributed by atoms with Crippen LogP contribution in [0.25, 0.3) is 26.7 Å². The van der Waals surface area contributed by atoms with Gasteiger partial charge in [-0.2, -0.15) is 0 Å². The van der Waals surface area contributed by atoms with E-state index in [1.807, 2.05) is 78.2 Å². The van der Waals surface area contributed by atoms with E-state index in [1.54, 1.807) is 28.7 Å². The van der Waals surface area contributed by atoms with Crippen molar-refractivity contribution in [1.29, 1.82) is 0 Å². The Balaban J connectivity index is 1.80. The van der Waals surface area contributed by atoms with Gasteiger partial charge in [0.1, 0.15) is 0 Å². The Bertz CT molecular complexity index is 1490. The number of benzene rings is 2. The van der Waals surface area contributed by atoms with Gasteiger partial charge in [0, 0.05) is 31.1 Å². The van der Waals surface area contributed by atoms with Gasteiger partial charge in [-0.05, 0) is 46.7 Å². The molecule has 0 aliphatic rings. The Morgan fingerprint density at radius 3 is 2.45 bits per heavy atom. The van der Waals surface area contributed by atoms with E-state index in [0.717, 1.165) is 21.3 Å². The molecule has 3 aromatic heterocycles. The average molecular weight is 455 g/mol. The quantitative estimate of drug-likeness (QED) is 0.342. The van der Waals surface area contributed by atoms with Gasteiger partial charge in [0.15, 0.2) is 0 Å². The fraction of sp³-hybridized carbons (Fsp3) is 0.111. The molecule has 5 aromatic rings. The van der Waals surface area contributed by atoms with E-state index >= 15 is 0 Å². The molecule has 6 heteroatoms. The van der Waals surface area contributed by atoms with Crippen molar-refractivity contribution < 1.29 is 9.53 Å². The minimum Gasteiger partial charge on any atom is -0.383 e. The predicted octanol–water partition coefficient (Wildman–Crippen LogP) is 5.47. The summed E-state index contributed by atoms with van der Waals surface area (Å²) < 4.78 is 7.81. The molecular weight excluding hydrogens is 432 g/mol. The number of aromatic nitrogens is 1. The van der Waals surface area contributed by atoms with Gasteiger partial charge >= 0.3 is 0 Å². The van der Waals surface area contributed by atoms with Crippen molar-refractivity contribution in [3.8, 4) is 11.1 Å². The van der Waals surface area contributed by atoms with Crippen molar-refractivity contribution in [2.45, 2.75) is 0 Å². The minimum absolute atomic E-state index is 0.147. The number of hydrogen-bond donors (Lipinski definition) is 0. The molecule has 0 aliphatic carbocycles. The lowest BCUT2D eigenvalue weighted by Gasteiger charge is -2.24. The van der Waals surface area contributed by atoms with Crippen LogP contribution in [0.15, 0.2) is 95.2 Å². The molecule has 0 saturated carbocycles. The number of hydrogen-bond acceptors (Lipinski definition) is 4. The van der Waals surface area contributed by atoms with Gasteiger partial charge in [-0.25, -0.2) is 0 Å². The van der Waals surface area contributed by atoms with Crippen molar-refractivity contribution in [3.05, 3.63) is 106 Å². The zero-order chi connectivity index (χ0) is 22.8. The summed E-state index contributed by atoms with van der Waals surface area (Å²) in [5.41, 5.74) is 3.03. The van der Waals surface area contributed by atoms with Crippen molar-refractivity contribution in [2.75, 3.05) is 25.2 Å². The van der Waals surface area contributed by atoms with Crippen LogP contribution in [0.4, 0.5) is 5.69 Å². The highest BCUT2D eigenvalue weighted by molar-refractivity contribution is 7.18. The molecule has 0 saturated heterocycles. The number of para-hydroxylation sites is 1. The van der Waals surface area contributed by atoms with E-state index in [0.29, 0.717) is 29.8 Å². The Hall–Kier alpha value is -3.74. The highest BCUT2D eigenvalue weighted by Crippen LogP contribution is 2.31. The topological polar surface area (TPSA) is 51.0 Å². The maximum atomic E-state index is 14.1. The smallest absolute Gasteiger partial charge is 0.263 e. The molecule has 0 aliphatic heterocycles. The second kappa shape index (κ2) is 9.02. The third-order valence-corrected chi connectivity index (χ3v) is 6.63. The maximum Gasteiger partial charge on any atom is 0.263 e. The van der Waals surface area contributed by atoms with Crippen LogP contribution >= 0.6 is 11.3 Å². The number of anilines is 1. The summed E-state index contributed by atoms with van der Waals surface area (Å²) in [6, 6.07) is 24.7. The zero-order valence-electron chi connectivity index (χ0n) is 18.1. The van der Waals surface area contributed by atoms with Gasteiger partial charge in [0.2, 0.25) is 0 Å². The normalized spacial score (nSPS) is 11.2. The molecule has 5 nitrogen and oxygen atoms in total. The zero-order valence-corrected chi connectivity index (χ0v) is 18.9. The molecule has 164 valence electrons. The van der Waals surface area contributed by atoms with E-state index in [9.17, 15) is 9.59 Å². The monoisotopic (exact) mass is 454 g/mol. The van der Waals surface area contributed by atoms with Crippen LogP contribution in [-0.4, -0.2) is 30.6 Å². The van der Waals surface area contributed by atoms with Crippen LogP contribution in [0.5, 0.6) is 0 Å². The Morgan fingerprint density at radius 1 is 1.00 bits per heavy atom. The fourth-order valence-electron chi connectivity index (χ4n) is 4.08. The number of methoxy groups -OCH3 is 1. The van der Waals surface area contributed by atoms with Crippen molar-refractivity contribution >= 4 is 38.5 Å². The number of carbonyl (C=O) groups is 1. The lowest BCUT2D eigenvalue weighted by atomic mass is 10.0. The number of ether oxygens (including phenoxy) is 1. The summed E-state index contributed by atoms with van der Waals surface area (Å²) in [6.07, 6.45) is 1.76. The SMILES string of the molecule is COCCN(C(=O)c1cc(-c2ccccc2)c(=O)n2ccc3ccsc3c12)c1ccccc1. The van der Waals surface area contributed by atoms with Crippen LogP contribution in [-0.2, 0) is 4.74 Å². The van der Waals surface area contributed by atoms with Crippen molar-refractivity contribution in [3.63, 3.8) is 0 Å². The van der Waals surface area contributed by atoms with Gasteiger partial charge in [-0.1, -0.05) is 48.5 Å². The van der Waals surface area contributed by atoms with Gasteiger partial charge in [-0.15, -0.1) is 11.3 Å². The average Bonchev–Trinajstić information content (AvgIpc) is 3.35. The van der Waals surface area contributed by atoms with E-state index in [4.69, 9.17) is 4.74 Å². The van der Waals surface area contributed by atoms with Gasteiger partial charge in [0.05, 0.1) is 22.4 Å². The first-order chi connectivity index (χ1) is 16.2. The van der Waals surface area contributed by atoms with E-state index in [1.165, 1.54) is 11.3 Å². The van der Waals surface area contributed by atoms with E-state index in [-0.39, 0.29) is 11.5 Å². The van der Waals surface area contributed by atoms with Crippen LogP contribution in [0.1, 0.15) is 10.4 Å². The highest BCUT2D eigenvalue weighted by Gasteiger charge is 2.24. The third kappa shape index (κ3) is 3.84. The number of thiophene rings is 1. The standard InChI is InChI=1S/C27H22N2O3S/c1-32-16-15-28(21-10-6-3-7-11-21)27(31)23-18-22(19-8-4-2-5-9-19)26(30)29-14-12-20-13-17-33-25(20)24(23)29/h2-14,17-18H,15-16H2,1H3. The van der Waals surface area contributed by atoms with Crippen LogP contribution in [0.2, 0.25) is 0 Å². The number of carbonyl (C=O) groups excluding carboxylic acids is 1. The first kappa shape index (κ1) is 21.1. The minimum atomic E-state index is -0.172. The second-order valence-corrected chi connectivity index (χ2v) is 8.58. The number of amides is 1. The summed E-state index contributed by atoms with van der Waals surface area (Å²) in [5, 5.41) is 2.98. The van der Waals surface area contributed by atoms with E-state index in [2.05, 4.69) is 0 Å². The fourth-order valence-corrected chi connectivity index (χ4v) is 5.02. The van der Waals surface area contributed by atoms with Crippen LogP contribution in [0, 0.1) is 0 Å². The Labute approximate surface area is 195 Å². The lowest BCUT2D eigenvalue weighted by Crippen LogP contribution is -2.35. The summed E-state index contributed by atoms with van der Waals surface area (Å²) >= 11 is 1.53. The molecule has 0 radical (unpaired) electrons. The molecule has 0 spiro atoms.